The molecule has 0 aliphatic heterocycles. The molecule has 0 fully saturated rings. The molecule has 23 heavy (non-hydrogen) atoms. The molecule has 0 amide bonds. The Morgan fingerprint density at radius 2 is 1.30 bits per heavy atom. The summed E-state index contributed by atoms with van der Waals surface area (Å²) in [6, 6.07) is 26.9. The quantitative estimate of drug-likeness (QED) is 0.611. The molecule has 0 saturated heterocycles. The van der Waals surface area contributed by atoms with Crippen molar-refractivity contribution in [1.29, 1.82) is 0 Å². The molecule has 0 spiro atoms. The lowest BCUT2D eigenvalue weighted by molar-refractivity contribution is 1.15. The molecule has 2 nitrogen and oxygen atoms in total. The highest BCUT2D eigenvalue weighted by Gasteiger charge is 1.97. The Labute approximate surface area is 137 Å². The Kier molecular flexibility index (Phi) is 4.75. The summed E-state index contributed by atoms with van der Waals surface area (Å²) in [6.45, 7) is 4.58. The number of rotatable bonds is 6. The maximum atomic E-state index is 3.77. The zero-order chi connectivity index (χ0) is 15.9. The monoisotopic (exact) mass is 300 g/mol. The van der Waals surface area contributed by atoms with Crippen molar-refractivity contribution in [3.8, 4) is 0 Å². The molecule has 3 aromatic carbocycles. The fraction of sp³-hybridized carbons (Fsp3) is 0.0476. The Balaban J connectivity index is 1.57. The zero-order valence-electron chi connectivity index (χ0n) is 13.0. The van der Waals surface area contributed by atoms with Crippen LogP contribution >= 0.6 is 0 Å². The first-order chi connectivity index (χ1) is 11.3. The summed E-state index contributed by atoms with van der Waals surface area (Å²) in [5.41, 5.74) is 5.68. The molecular weight excluding hydrogens is 280 g/mol. The van der Waals surface area contributed by atoms with E-state index in [2.05, 4.69) is 77.9 Å². The number of hydrogen-bond donors (Lipinski definition) is 2. The van der Waals surface area contributed by atoms with E-state index in [1.54, 1.807) is 0 Å². The summed E-state index contributed by atoms with van der Waals surface area (Å²) in [5.74, 6) is 0. The topological polar surface area (TPSA) is 24.1 Å². The van der Waals surface area contributed by atoms with Crippen LogP contribution in [0.4, 0.5) is 17.1 Å². The van der Waals surface area contributed by atoms with Gasteiger partial charge in [0.25, 0.3) is 0 Å². The van der Waals surface area contributed by atoms with Gasteiger partial charge in [-0.25, -0.2) is 0 Å². The van der Waals surface area contributed by atoms with E-state index in [9.17, 15) is 0 Å². The van der Waals surface area contributed by atoms with Gasteiger partial charge in [0.1, 0.15) is 0 Å². The van der Waals surface area contributed by atoms with Crippen molar-refractivity contribution in [3.05, 3.63) is 96.6 Å². The second-order valence-corrected chi connectivity index (χ2v) is 5.37. The van der Waals surface area contributed by atoms with Crippen molar-refractivity contribution in [2.45, 2.75) is 6.54 Å². The normalized spacial score (nSPS) is 10.1. The van der Waals surface area contributed by atoms with Gasteiger partial charge in [-0.3, -0.25) is 0 Å². The summed E-state index contributed by atoms with van der Waals surface area (Å²) >= 11 is 0. The molecule has 0 atom stereocenters. The second kappa shape index (κ2) is 7.32. The van der Waals surface area contributed by atoms with Gasteiger partial charge in [0.2, 0.25) is 0 Å². The average molecular weight is 300 g/mol. The molecule has 0 aliphatic carbocycles. The molecule has 3 aromatic rings. The van der Waals surface area contributed by atoms with E-state index in [4.69, 9.17) is 0 Å². The van der Waals surface area contributed by atoms with Crippen LogP contribution in [0, 0.1) is 0 Å². The molecule has 0 bridgehead atoms. The van der Waals surface area contributed by atoms with Crippen molar-refractivity contribution < 1.29 is 0 Å². The molecular formula is C21H20N2. The molecule has 0 aromatic heterocycles. The van der Waals surface area contributed by atoms with Crippen molar-refractivity contribution in [1.82, 2.24) is 0 Å². The first-order valence-corrected chi connectivity index (χ1v) is 7.71. The van der Waals surface area contributed by atoms with Gasteiger partial charge < -0.3 is 10.6 Å². The maximum Gasteiger partial charge on any atom is 0.0400 e. The first kappa shape index (κ1) is 14.9. The predicted octanol–water partition coefficient (Wildman–Crippen LogP) is 5.69. The van der Waals surface area contributed by atoms with Crippen molar-refractivity contribution in [2.75, 3.05) is 10.6 Å². The first-order valence-electron chi connectivity index (χ1n) is 7.71. The standard InChI is InChI=1S/C21H20N2/c1-2-17-8-10-18(11-9-17)16-22-19-12-14-21(15-13-19)23-20-6-4-3-5-7-20/h2-15,22-23H,1,16H2. The van der Waals surface area contributed by atoms with Gasteiger partial charge in [-0.15, -0.1) is 0 Å². The van der Waals surface area contributed by atoms with Crippen LogP contribution in [0.5, 0.6) is 0 Å². The summed E-state index contributed by atoms with van der Waals surface area (Å²) in [6.07, 6.45) is 1.86. The lowest BCUT2D eigenvalue weighted by Crippen LogP contribution is -1.99. The van der Waals surface area contributed by atoms with Crippen LogP contribution in [0.25, 0.3) is 6.08 Å². The van der Waals surface area contributed by atoms with E-state index in [1.807, 2.05) is 24.3 Å². The molecule has 0 radical (unpaired) electrons. The maximum absolute atomic E-state index is 3.77. The Bertz CT molecular complexity index is 744. The number of para-hydroxylation sites is 1. The van der Waals surface area contributed by atoms with E-state index in [0.29, 0.717) is 0 Å². The van der Waals surface area contributed by atoms with E-state index in [0.717, 1.165) is 29.2 Å². The average Bonchev–Trinajstić information content (AvgIpc) is 2.62. The molecule has 0 saturated carbocycles. The van der Waals surface area contributed by atoms with Gasteiger partial charge in [0.15, 0.2) is 0 Å². The molecule has 0 heterocycles. The Morgan fingerprint density at radius 3 is 1.96 bits per heavy atom. The fourth-order valence-electron chi connectivity index (χ4n) is 2.34. The molecule has 2 N–H and O–H groups in total. The predicted molar refractivity (Wildman–Crippen MR) is 100 cm³/mol. The van der Waals surface area contributed by atoms with Crippen LogP contribution in [0.15, 0.2) is 85.4 Å². The molecule has 3 rings (SSSR count). The summed E-state index contributed by atoms with van der Waals surface area (Å²) in [4.78, 5) is 0. The van der Waals surface area contributed by atoms with Gasteiger partial charge in [-0.05, 0) is 47.5 Å². The van der Waals surface area contributed by atoms with Crippen LogP contribution in [0.2, 0.25) is 0 Å². The van der Waals surface area contributed by atoms with Gasteiger partial charge in [-0.2, -0.15) is 0 Å². The van der Waals surface area contributed by atoms with Gasteiger partial charge in [0.05, 0.1) is 0 Å². The molecule has 0 unspecified atom stereocenters. The summed E-state index contributed by atoms with van der Waals surface area (Å²) in [7, 11) is 0. The highest BCUT2D eigenvalue weighted by atomic mass is 14.9. The molecule has 2 heteroatoms. The summed E-state index contributed by atoms with van der Waals surface area (Å²) < 4.78 is 0. The lowest BCUT2D eigenvalue weighted by atomic mass is 10.1. The van der Waals surface area contributed by atoms with Gasteiger partial charge in [0, 0.05) is 23.6 Å². The third-order valence-corrected chi connectivity index (χ3v) is 3.66. The minimum atomic E-state index is 0.808. The van der Waals surface area contributed by atoms with Crippen LogP contribution in [-0.2, 0) is 6.54 Å². The van der Waals surface area contributed by atoms with Gasteiger partial charge in [-0.1, -0.05) is 55.1 Å². The van der Waals surface area contributed by atoms with Crippen LogP contribution in [0.1, 0.15) is 11.1 Å². The fourth-order valence-corrected chi connectivity index (χ4v) is 2.34. The van der Waals surface area contributed by atoms with E-state index in [-0.39, 0.29) is 0 Å². The SMILES string of the molecule is C=Cc1ccc(CNc2ccc(Nc3ccccc3)cc2)cc1. The van der Waals surface area contributed by atoms with Crippen molar-refractivity contribution in [2.24, 2.45) is 0 Å². The minimum absolute atomic E-state index is 0.808. The third-order valence-electron chi connectivity index (χ3n) is 3.66. The van der Waals surface area contributed by atoms with Gasteiger partial charge >= 0.3 is 0 Å². The number of anilines is 3. The van der Waals surface area contributed by atoms with Crippen LogP contribution in [0.3, 0.4) is 0 Å². The summed E-state index contributed by atoms with van der Waals surface area (Å²) in [5, 5.41) is 6.82. The van der Waals surface area contributed by atoms with E-state index >= 15 is 0 Å². The highest BCUT2D eigenvalue weighted by molar-refractivity contribution is 5.62. The largest absolute Gasteiger partial charge is 0.381 e. The highest BCUT2D eigenvalue weighted by Crippen LogP contribution is 2.19. The van der Waals surface area contributed by atoms with Crippen LogP contribution in [-0.4, -0.2) is 0 Å². The Morgan fingerprint density at radius 1 is 0.696 bits per heavy atom. The lowest BCUT2D eigenvalue weighted by Gasteiger charge is -2.09. The van der Waals surface area contributed by atoms with Crippen molar-refractivity contribution in [3.63, 3.8) is 0 Å². The number of nitrogens with one attached hydrogen (secondary N) is 2. The zero-order valence-corrected chi connectivity index (χ0v) is 13.0. The van der Waals surface area contributed by atoms with Crippen LogP contribution < -0.4 is 10.6 Å². The minimum Gasteiger partial charge on any atom is -0.381 e. The van der Waals surface area contributed by atoms with Crippen molar-refractivity contribution >= 4 is 23.1 Å². The molecule has 114 valence electrons. The van der Waals surface area contributed by atoms with E-state index in [1.165, 1.54) is 5.56 Å². The third kappa shape index (κ3) is 4.24. The molecule has 0 aliphatic rings. The number of hydrogen-bond acceptors (Lipinski definition) is 2. The van der Waals surface area contributed by atoms with E-state index < -0.39 is 0 Å². The second-order valence-electron chi connectivity index (χ2n) is 5.37. The Hall–Kier alpha value is -3.00. The smallest absolute Gasteiger partial charge is 0.0400 e. The number of benzene rings is 3.